The minimum absolute atomic E-state index is 0.206. The standard InChI is InChI=1S/C14H29N3O2/c1-4-6-17(7-5-2)14(18)12-16-8-9-19-13(11-16)10-15-3/h13,15H,4-12H2,1-3H3. The molecule has 0 spiro atoms. The summed E-state index contributed by atoms with van der Waals surface area (Å²) >= 11 is 0. The zero-order valence-electron chi connectivity index (χ0n) is 12.7. The highest BCUT2D eigenvalue weighted by atomic mass is 16.5. The fourth-order valence-corrected chi connectivity index (χ4v) is 2.47. The first-order chi connectivity index (χ1) is 9.21. The van der Waals surface area contributed by atoms with Crippen LogP contribution >= 0.6 is 0 Å². The predicted molar refractivity (Wildman–Crippen MR) is 77.3 cm³/mol. The van der Waals surface area contributed by atoms with Crippen LogP contribution in [-0.2, 0) is 9.53 Å². The van der Waals surface area contributed by atoms with Gasteiger partial charge in [0.2, 0.25) is 5.91 Å². The molecule has 0 aliphatic carbocycles. The normalized spacial score (nSPS) is 20.5. The number of morpholine rings is 1. The van der Waals surface area contributed by atoms with Crippen molar-refractivity contribution in [1.82, 2.24) is 15.1 Å². The van der Waals surface area contributed by atoms with Gasteiger partial charge in [-0.3, -0.25) is 9.69 Å². The van der Waals surface area contributed by atoms with Gasteiger partial charge in [-0.25, -0.2) is 0 Å². The molecule has 1 unspecified atom stereocenters. The van der Waals surface area contributed by atoms with Crippen LogP contribution in [0.25, 0.3) is 0 Å². The molecule has 0 aromatic heterocycles. The Hall–Kier alpha value is -0.650. The molecule has 1 fully saturated rings. The van der Waals surface area contributed by atoms with Crippen LogP contribution in [0.15, 0.2) is 0 Å². The average Bonchev–Trinajstić information content (AvgIpc) is 2.39. The minimum Gasteiger partial charge on any atom is -0.374 e. The second-order valence-electron chi connectivity index (χ2n) is 5.17. The Balaban J connectivity index is 2.40. The molecule has 5 heteroatoms. The van der Waals surface area contributed by atoms with E-state index in [1.807, 2.05) is 11.9 Å². The van der Waals surface area contributed by atoms with Crippen molar-refractivity contribution in [3.8, 4) is 0 Å². The van der Waals surface area contributed by atoms with E-state index in [0.717, 1.165) is 52.2 Å². The van der Waals surface area contributed by atoms with E-state index in [1.54, 1.807) is 0 Å². The van der Waals surface area contributed by atoms with E-state index in [2.05, 4.69) is 24.1 Å². The highest BCUT2D eigenvalue weighted by molar-refractivity contribution is 5.78. The third-order valence-corrected chi connectivity index (χ3v) is 3.35. The number of hydrogen-bond acceptors (Lipinski definition) is 4. The molecule has 1 heterocycles. The van der Waals surface area contributed by atoms with Crippen LogP contribution < -0.4 is 5.32 Å². The van der Waals surface area contributed by atoms with Crippen molar-refractivity contribution in [3.05, 3.63) is 0 Å². The molecular formula is C14H29N3O2. The summed E-state index contributed by atoms with van der Waals surface area (Å²) in [4.78, 5) is 16.5. The predicted octanol–water partition coefficient (Wildman–Crippen LogP) is 0.555. The first kappa shape index (κ1) is 16.4. The van der Waals surface area contributed by atoms with Gasteiger partial charge >= 0.3 is 0 Å². The van der Waals surface area contributed by atoms with Crippen LogP contribution in [0.5, 0.6) is 0 Å². The van der Waals surface area contributed by atoms with Gasteiger partial charge in [0, 0.05) is 32.7 Å². The topological polar surface area (TPSA) is 44.8 Å². The molecule has 0 bridgehead atoms. The van der Waals surface area contributed by atoms with Crippen LogP contribution in [-0.4, -0.2) is 74.7 Å². The highest BCUT2D eigenvalue weighted by Gasteiger charge is 2.23. The maximum absolute atomic E-state index is 12.3. The maximum atomic E-state index is 12.3. The molecule has 1 atom stereocenters. The molecule has 1 rings (SSSR count). The Bertz CT molecular complexity index is 253. The maximum Gasteiger partial charge on any atom is 0.236 e. The number of hydrogen-bond donors (Lipinski definition) is 1. The summed E-state index contributed by atoms with van der Waals surface area (Å²) < 4.78 is 5.66. The quantitative estimate of drug-likeness (QED) is 0.700. The molecule has 1 N–H and O–H groups in total. The van der Waals surface area contributed by atoms with E-state index < -0.39 is 0 Å². The van der Waals surface area contributed by atoms with Gasteiger partial charge in [-0.05, 0) is 19.9 Å². The Morgan fingerprint density at radius 2 is 2.05 bits per heavy atom. The van der Waals surface area contributed by atoms with Gasteiger partial charge in [-0.1, -0.05) is 13.8 Å². The van der Waals surface area contributed by atoms with E-state index in [0.29, 0.717) is 6.54 Å². The molecule has 1 aliphatic rings. The smallest absolute Gasteiger partial charge is 0.236 e. The molecular weight excluding hydrogens is 242 g/mol. The van der Waals surface area contributed by atoms with E-state index in [4.69, 9.17) is 4.74 Å². The Labute approximate surface area is 117 Å². The van der Waals surface area contributed by atoms with E-state index in [9.17, 15) is 4.79 Å². The molecule has 1 aliphatic heterocycles. The molecule has 0 saturated carbocycles. The van der Waals surface area contributed by atoms with Crippen molar-refractivity contribution in [2.24, 2.45) is 0 Å². The fraction of sp³-hybridized carbons (Fsp3) is 0.929. The number of amides is 1. The van der Waals surface area contributed by atoms with E-state index in [-0.39, 0.29) is 12.0 Å². The van der Waals surface area contributed by atoms with Gasteiger partial charge in [0.1, 0.15) is 0 Å². The largest absolute Gasteiger partial charge is 0.374 e. The fourth-order valence-electron chi connectivity index (χ4n) is 2.47. The second kappa shape index (κ2) is 9.28. The summed E-state index contributed by atoms with van der Waals surface area (Å²) in [7, 11) is 1.93. The SMILES string of the molecule is CCCN(CCC)C(=O)CN1CCOC(CNC)C1. The van der Waals surface area contributed by atoms with Gasteiger partial charge in [0.25, 0.3) is 0 Å². The van der Waals surface area contributed by atoms with Crippen molar-refractivity contribution in [3.63, 3.8) is 0 Å². The Morgan fingerprint density at radius 1 is 1.37 bits per heavy atom. The lowest BCUT2D eigenvalue weighted by atomic mass is 10.2. The average molecular weight is 271 g/mol. The first-order valence-corrected chi connectivity index (χ1v) is 7.47. The van der Waals surface area contributed by atoms with E-state index in [1.165, 1.54) is 0 Å². The number of nitrogens with zero attached hydrogens (tertiary/aromatic N) is 2. The molecule has 19 heavy (non-hydrogen) atoms. The number of ether oxygens (including phenoxy) is 1. The van der Waals surface area contributed by atoms with Crippen molar-refractivity contribution in [2.45, 2.75) is 32.8 Å². The lowest BCUT2D eigenvalue weighted by Crippen LogP contribution is -2.50. The van der Waals surface area contributed by atoms with Gasteiger partial charge in [-0.2, -0.15) is 0 Å². The third kappa shape index (κ3) is 5.89. The number of carbonyl (C=O) groups is 1. The Kier molecular flexibility index (Phi) is 8.02. The molecule has 0 radical (unpaired) electrons. The molecule has 112 valence electrons. The summed E-state index contributed by atoms with van der Waals surface area (Å²) in [6.07, 6.45) is 2.26. The monoisotopic (exact) mass is 271 g/mol. The van der Waals surface area contributed by atoms with Crippen molar-refractivity contribution in [1.29, 1.82) is 0 Å². The number of carbonyl (C=O) groups excluding carboxylic acids is 1. The van der Waals surface area contributed by atoms with E-state index >= 15 is 0 Å². The zero-order chi connectivity index (χ0) is 14.1. The Morgan fingerprint density at radius 3 is 2.63 bits per heavy atom. The number of likely N-dealkylation sites (N-methyl/N-ethyl adjacent to an activating group) is 1. The summed E-state index contributed by atoms with van der Waals surface area (Å²) in [6, 6.07) is 0. The number of rotatable bonds is 8. The summed E-state index contributed by atoms with van der Waals surface area (Å²) in [5.74, 6) is 0.258. The second-order valence-corrected chi connectivity index (χ2v) is 5.17. The molecule has 1 amide bonds. The molecule has 1 saturated heterocycles. The van der Waals surface area contributed by atoms with Gasteiger partial charge in [-0.15, -0.1) is 0 Å². The van der Waals surface area contributed by atoms with Crippen LogP contribution in [0.4, 0.5) is 0 Å². The summed E-state index contributed by atoms with van der Waals surface area (Å²) in [5.41, 5.74) is 0. The summed E-state index contributed by atoms with van der Waals surface area (Å²) in [6.45, 7) is 9.79. The lowest BCUT2D eigenvalue weighted by molar-refractivity contribution is -0.134. The zero-order valence-corrected chi connectivity index (χ0v) is 12.7. The lowest BCUT2D eigenvalue weighted by Gasteiger charge is -2.33. The van der Waals surface area contributed by atoms with Gasteiger partial charge in [0.05, 0.1) is 19.3 Å². The van der Waals surface area contributed by atoms with Crippen molar-refractivity contribution >= 4 is 5.91 Å². The van der Waals surface area contributed by atoms with Gasteiger partial charge in [0.15, 0.2) is 0 Å². The highest BCUT2D eigenvalue weighted by Crippen LogP contribution is 2.06. The molecule has 0 aromatic rings. The third-order valence-electron chi connectivity index (χ3n) is 3.35. The van der Waals surface area contributed by atoms with Crippen LogP contribution in [0, 0.1) is 0 Å². The van der Waals surface area contributed by atoms with Crippen LogP contribution in [0.3, 0.4) is 0 Å². The van der Waals surface area contributed by atoms with Crippen molar-refractivity contribution < 1.29 is 9.53 Å². The van der Waals surface area contributed by atoms with Crippen LogP contribution in [0.2, 0.25) is 0 Å². The minimum atomic E-state index is 0.206. The van der Waals surface area contributed by atoms with Crippen molar-refractivity contribution in [2.75, 3.05) is 52.9 Å². The van der Waals surface area contributed by atoms with Gasteiger partial charge < -0.3 is 15.0 Å². The number of nitrogens with one attached hydrogen (secondary N) is 1. The summed E-state index contributed by atoms with van der Waals surface area (Å²) in [5, 5.41) is 3.13. The van der Waals surface area contributed by atoms with Crippen LogP contribution in [0.1, 0.15) is 26.7 Å². The molecule has 5 nitrogen and oxygen atoms in total. The molecule has 0 aromatic carbocycles. The first-order valence-electron chi connectivity index (χ1n) is 7.47.